The van der Waals surface area contributed by atoms with Gasteiger partial charge in [-0.15, -0.1) is 0 Å². The molecule has 94 valence electrons. The van der Waals surface area contributed by atoms with Gasteiger partial charge >= 0.3 is 0 Å². The van der Waals surface area contributed by atoms with E-state index >= 15 is 0 Å². The van der Waals surface area contributed by atoms with E-state index in [0.717, 1.165) is 0 Å². The highest BCUT2D eigenvalue weighted by Gasteiger charge is 2.22. The van der Waals surface area contributed by atoms with Crippen molar-refractivity contribution in [3.05, 3.63) is 29.2 Å². The molecule has 0 spiro atoms. The van der Waals surface area contributed by atoms with Crippen molar-refractivity contribution in [1.82, 2.24) is 15.1 Å². The summed E-state index contributed by atoms with van der Waals surface area (Å²) in [4.78, 5) is 19.7. The minimum Gasteiger partial charge on any atom is -0.338 e. The van der Waals surface area contributed by atoms with Gasteiger partial charge in [-0.2, -0.15) is 4.98 Å². The monoisotopic (exact) mass is 265 g/mol. The highest BCUT2D eigenvalue weighted by atomic mass is 35.5. The summed E-state index contributed by atoms with van der Waals surface area (Å²) in [5.41, 5.74) is 0.563. The van der Waals surface area contributed by atoms with Gasteiger partial charge in [0.1, 0.15) is 11.5 Å². The Morgan fingerprint density at radius 1 is 1.50 bits per heavy atom. The molecule has 0 aliphatic carbocycles. The van der Waals surface area contributed by atoms with E-state index in [2.05, 4.69) is 15.1 Å². The Morgan fingerprint density at radius 3 is 2.83 bits per heavy atom. The van der Waals surface area contributed by atoms with Gasteiger partial charge < -0.3 is 4.52 Å². The molecule has 2 rings (SSSR count). The lowest BCUT2D eigenvalue weighted by Gasteiger charge is -2.03. The van der Waals surface area contributed by atoms with Gasteiger partial charge in [0.25, 0.3) is 0 Å². The molecule has 0 aliphatic rings. The number of aromatic nitrogens is 3. The molecule has 6 heteroatoms. The second kappa shape index (κ2) is 5.27. The van der Waals surface area contributed by atoms with E-state index in [-0.39, 0.29) is 11.7 Å². The topological polar surface area (TPSA) is 68.9 Å². The zero-order valence-electron chi connectivity index (χ0n) is 10.1. The molecule has 2 aromatic rings. The summed E-state index contributed by atoms with van der Waals surface area (Å²) in [6.07, 6.45) is 2.14. The molecule has 18 heavy (non-hydrogen) atoms. The minimum atomic E-state index is -0.349. The minimum absolute atomic E-state index is 0.0109. The van der Waals surface area contributed by atoms with Crippen molar-refractivity contribution >= 4 is 17.4 Å². The fourth-order valence-corrected chi connectivity index (χ4v) is 1.74. The number of Topliss-reactive ketones (excluding diaryl/α,β-unsaturated/α-hetero) is 1. The predicted molar refractivity (Wildman–Crippen MR) is 66.3 cm³/mol. The normalized spacial score (nSPS) is 12.4. The van der Waals surface area contributed by atoms with Crippen LogP contribution < -0.4 is 0 Å². The van der Waals surface area contributed by atoms with Crippen LogP contribution in [0.3, 0.4) is 0 Å². The molecule has 0 aliphatic heterocycles. The van der Waals surface area contributed by atoms with Gasteiger partial charge in [-0.25, -0.2) is 0 Å². The predicted octanol–water partition coefficient (Wildman–Crippen LogP) is 2.87. The zero-order valence-corrected chi connectivity index (χ0v) is 10.8. The van der Waals surface area contributed by atoms with Crippen molar-refractivity contribution < 1.29 is 9.32 Å². The Bertz CT molecular complexity index is 551. The Morgan fingerprint density at radius 2 is 2.28 bits per heavy atom. The summed E-state index contributed by atoms with van der Waals surface area (Å²) in [6.45, 7) is 3.41. The third-order valence-electron chi connectivity index (χ3n) is 2.60. The summed E-state index contributed by atoms with van der Waals surface area (Å²) < 4.78 is 5.11. The number of pyridine rings is 1. The van der Waals surface area contributed by atoms with Gasteiger partial charge in [-0.05, 0) is 25.5 Å². The standard InChI is InChI=1S/C12H12ClN3O2/c1-3-9(7(2)17)12-15-11(16-18-12)10-5-4-8(13)6-14-10/h4-6,9H,3H2,1-2H3. The lowest BCUT2D eigenvalue weighted by atomic mass is 10.0. The van der Waals surface area contributed by atoms with Crippen LogP contribution in [0, 0.1) is 0 Å². The van der Waals surface area contributed by atoms with Crippen molar-refractivity contribution in [2.75, 3.05) is 0 Å². The van der Waals surface area contributed by atoms with E-state index in [0.29, 0.717) is 28.9 Å². The zero-order chi connectivity index (χ0) is 13.1. The number of ketones is 1. The van der Waals surface area contributed by atoms with Gasteiger partial charge in [-0.1, -0.05) is 23.7 Å². The molecular formula is C12H12ClN3O2. The quantitative estimate of drug-likeness (QED) is 0.850. The van der Waals surface area contributed by atoms with Crippen LogP contribution in [0.5, 0.6) is 0 Å². The summed E-state index contributed by atoms with van der Waals surface area (Å²) in [7, 11) is 0. The lowest BCUT2D eigenvalue weighted by Crippen LogP contribution is -2.07. The molecule has 0 N–H and O–H groups in total. The summed E-state index contributed by atoms with van der Waals surface area (Å²) in [5.74, 6) is 0.355. The fourth-order valence-electron chi connectivity index (χ4n) is 1.62. The molecule has 0 fully saturated rings. The third kappa shape index (κ3) is 2.56. The maximum Gasteiger partial charge on any atom is 0.237 e. The maximum absolute atomic E-state index is 11.4. The highest BCUT2D eigenvalue weighted by Crippen LogP contribution is 2.22. The number of carbonyl (C=O) groups excluding carboxylic acids is 1. The van der Waals surface area contributed by atoms with Crippen molar-refractivity contribution in [2.45, 2.75) is 26.2 Å². The van der Waals surface area contributed by atoms with Crippen LogP contribution in [0.2, 0.25) is 5.02 Å². The fraction of sp³-hybridized carbons (Fsp3) is 0.333. The van der Waals surface area contributed by atoms with Gasteiger partial charge in [0.05, 0.1) is 10.9 Å². The first-order chi connectivity index (χ1) is 8.61. The maximum atomic E-state index is 11.4. The Labute approximate surface area is 109 Å². The van der Waals surface area contributed by atoms with Gasteiger partial charge in [0, 0.05) is 6.20 Å². The van der Waals surface area contributed by atoms with Gasteiger partial charge in [0.15, 0.2) is 0 Å². The van der Waals surface area contributed by atoms with Gasteiger partial charge in [0.2, 0.25) is 11.7 Å². The first-order valence-corrected chi connectivity index (χ1v) is 5.95. The number of hydrogen-bond acceptors (Lipinski definition) is 5. The molecule has 0 saturated heterocycles. The van der Waals surface area contributed by atoms with Crippen LogP contribution >= 0.6 is 11.6 Å². The first kappa shape index (κ1) is 12.7. The number of hydrogen-bond donors (Lipinski definition) is 0. The van der Waals surface area contributed by atoms with Crippen molar-refractivity contribution in [3.63, 3.8) is 0 Å². The number of halogens is 1. The van der Waals surface area contributed by atoms with Crippen molar-refractivity contribution in [2.24, 2.45) is 0 Å². The molecule has 1 unspecified atom stereocenters. The lowest BCUT2D eigenvalue weighted by molar-refractivity contribution is -0.119. The molecule has 0 radical (unpaired) electrons. The van der Waals surface area contributed by atoms with Gasteiger partial charge in [-0.3, -0.25) is 9.78 Å². The smallest absolute Gasteiger partial charge is 0.237 e. The molecule has 0 bridgehead atoms. The molecule has 0 saturated carbocycles. The highest BCUT2D eigenvalue weighted by molar-refractivity contribution is 6.30. The van der Waals surface area contributed by atoms with Crippen LogP contribution in [0.25, 0.3) is 11.5 Å². The van der Waals surface area contributed by atoms with Crippen LogP contribution in [0.4, 0.5) is 0 Å². The van der Waals surface area contributed by atoms with E-state index < -0.39 is 0 Å². The second-order valence-corrected chi connectivity index (χ2v) is 4.33. The number of rotatable bonds is 4. The molecule has 2 heterocycles. The Kier molecular flexibility index (Phi) is 3.72. The molecule has 0 amide bonds. The largest absolute Gasteiger partial charge is 0.338 e. The van der Waals surface area contributed by atoms with E-state index in [4.69, 9.17) is 16.1 Å². The Balaban J connectivity index is 2.30. The average molecular weight is 266 g/mol. The van der Waals surface area contributed by atoms with E-state index in [1.54, 1.807) is 12.1 Å². The second-order valence-electron chi connectivity index (χ2n) is 3.89. The average Bonchev–Trinajstić information content (AvgIpc) is 2.80. The molecule has 5 nitrogen and oxygen atoms in total. The third-order valence-corrected chi connectivity index (χ3v) is 2.82. The van der Waals surface area contributed by atoms with Crippen LogP contribution in [-0.2, 0) is 4.79 Å². The summed E-state index contributed by atoms with van der Waals surface area (Å²) in [6, 6.07) is 3.40. The number of nitrogens with zero attached hydrogens (tertiary/aromatic N) is 3. The first-order valence-electron chi connectivity index (χ1n) is 5.57. The molecule has 1 atom stereocenters. The summed E-state index contributed by atoms with van der Waals surface area (Å²) >= 11 is 5.75. The van der Waals surface area contributed by atoms with E-state index in [1.807, 2.05) is 6.92 Å². The molecule has 0 aromatic carbocycles. The van der Waals surface area contributed by atoms with Crippen LogP contribution in [0.1, 0.15) is 32.1 Å². The Hall–Kier alpha value is -1.75. The van der Waals surface area contributed by atoms with E-state index in [1.165, 1.54) is 13.1 Å². The molecular weight excluding hydrogens is 254 g/mol. The van der Waals surface area contributed by atoms with E-state index in [9.17, 15) is 4.79 Å². The van der Waals surface area contributed by atoms with Crippen LogP contribution in [-0.4, -0.2) is 20.9 Å². The van der Waals surface area contributed by atoms with Crippen molar-refractivity contribution in [3.8, 4) is 11.5 Å². The SMILES string of the molecule is CCC(C(C)=O)c1nc(-c2ccc(Cl)cn2)no1. The van der Waals surface area contributed by atoms with Crippen molar-refractivity contribution in [1.29, 1.82) is 0 Å². The number of carbonyl (C=O) groups is 1. The summed E-state index contributed by atoms with van der Waals surface area (Å²) in [5, 5.41) is 4.36. The van der Waals surface area contributed by atoms with Crippen LogP contribution in [0.15, 0.2) is 22.9 Å². The molecule has 2 aromatic heterocycles.